The summed E-state index contributed by atoms with van der Waals surface area (Å²) in [5.41, 5.74) is 2.42. The molecule has 0 heterocycles. The number of carbonyl (C=O) groups excluding carboxylic acids is 1. The molecule has 0 aliphatic rings. The highest BCUT2D eigenvalue weighted by molar-refractivity contribution is 5.73. The minimum Gasteiger partial charge on any atom is -0.350 e. The summed E-state index contributed by atoms with van der Waals surface area (Å²) < 4.78 is 0. The molecule has 1 aromatic carbocycles. The van der Waals surface area contributed by atoms with Crippen molar-refractivity contribution in [3.63, 3.8) is 0 Å². The van der Waals surface area contributed by atoms with Gasteiger partial charge in [-0.1, -0.05) is 36.8 Å². The largest absolute Gasteiger partial charge is 0.350 e. The summed E-state index contributed by atoms with van der Waals surface area (Å²) >= 11 is 0. The molecule has 1 atom stereocenters. The van der Waals surface area contributed by atoms with E-state index in [2.05, 4.69) is 43.4 Å². The maximum atomic E-state index is 10.9. The molecule has 1 N–H and O–H groups in total. The summed E-state index contributed by atoms with van der Waals surface area (Å²) in [6.07, 6.45) is 0.919. The van der Waals surface area contributed by atoms with E-state index in [1.54, 1.807) is 6.92 Å². The Morgan fingerprint density at radius 3 is 2.36 bits per heavy atom. The Balaban J connectivity index is 2.78. The van der Waals surface area contributed by atoms with E-state index in [9.17, 15) is 4.79 Å². The third-order valence-corrected chi connectivity index (χ3v) is 2.27. The molecule has 0 saturated carbocycles. The SMILES string of the molecule is CCC(NC(C)=O)c1ccc(C)cc1. The smallest absolute Gasteiger partial charge is 0.217 e. The lowest BCUT2D eigenvalue weighted by molar-refractivity contribution is -0.119. The monoisotopic (exact) mass is 191 g/mol. The highest BCUT2D eigenvalue weighted by Crippen LogP contribution is 2.16. The second-order valence-corrected chi connectivity index (χ2v) is 3.57. The second kappa shape index (κ2) is 4.80. The zero-order valence-electron chi connectivity index (χ0n) is 9.00. The Bertz CT molecular complexity index is 303. The van der Waals surface area contributed by atoms with Gasteiger partial charge in [0, 0.05) is 6.92 Å². The lowest BCUT2D eigenvalue weighted by Crippen LogP contribution is -2.25. The average molecular weight is 191 g/mol. The van der Waals surface area contributed by atoms with Crippen LogP contribution < -0.4 is 5.32 Å². The van der Waals surface area contributed by atoms with Crippen LogP contribution in [-0.2, 0) is 4.79 Å². The molecule has 0 fully saturated rings. The number of benzene rings is 1. The Labute approximate surface area is 85.3 Å². The zero-order valence-corrected chi connectivity index (χ0v) is 9.00. The molecule has 2 heteroatoms. The van der Waals surface area contributed by atoms with E-state index in [1.807, 2.05) is 0 Å². The fraction of sp³-hybridized carbons (Fsp3) is 0.417. The van der Waals surface area contributed by atoms with Gasteiger partial charge in [0.2, 0.25) is 5.91 Å². The number of nitrogens with one attached hydrogen (secondary N) is 1. The van der Waals surface area contributed by atoms with Crippen molar-refractivity contribution in [3.05, 3.63) is 35.4 Å². The first-order valence-corrected chi connectivity index (χ1v) is 4.97. The predicted molar refractivity (Wildman–Crippen MR) is 58.0 cm³/mol. The van der Waals surface area contributed by atoms with E-state index in [1.165, 1.54) is 11.1 Å². The molecule has 0 aliphatic carbocycles. The number of hydrogen-bond donors (Lipinski definition) is 1. The molecular formula is C12H17NO. The Morgan fingerprint density at radius 2 is 1.93 bits per heavy atom. The molecule has 1 unspecified atom stereocenters. The van der Waals surface area contributed by atoms with Crippen molar-refractivity contribution < 1.29 is 4.79 Å². The average Bonchev–Trinajstić information content (AvgIpc) is 2.15. The summed E-state index contributed by atoms with van der Waals surface area (Å²) in [5.74, 6) is 0.0254. The minimum absolute atomic E-state index is 0.0254. The van der Waals surface area contributed by atoms with Gasteiger partial charge in [-0.15, -0.1) is 0 Å². The van der Waals surface area contributed by atoms with Crippen molar-refractivity contribution in [2.75, 3.05) is 0 Å². The lowest BCUT2D eigenvalue weighted by atomic mass is 10.0. The lowest BCUT2D eigenvalue weighted by Gasteiger charge is -2.16. The first kappa shape index (κ1) is 10.8. The molecule has 1 amide bonds. The fourth-order valence-electron chi connectivity index (χ4n) is 1.47. The van der Waals surface area contributed by atoms with Gasteiger partial charge in [0.05, 0.1) is 6.04 Å². The van der Waals surface area contributed by atoms with Gasteiger partial charge in [-0.25, -0.2) is 0 Å². The van der Waals surface area contributed by atoms with E-state index >= 15 is 0 Å². The van der Waals surface area contributed by atoms with Gasteiger partial charge in [0.15, 0.2) is 0 Å². The van der Waals surface area contributed by atoms with Crippen LogP contribution in [0.15, 0.2) is 24.3 Å². The molecule has 0 bridgehead atoms. The van der Waals surface area contributed by atoms with Crippen LogP contribution in [0, 0.1) is 6.92 Å². The molecule has 0 saturated heterocycles. The number of amides is 1. The van der Waals surface area contributed by atoms with Crippen LogP contribution >= 0.6 is 0 Å². The predicted octanol–water partition coefficient (Wildman–Crippen LogP) is 2.58. The third-order valence-electron chi connectivity index (χ3n) is 2.27. The standard InChI is InChI=1S/C12H17NO/c1-4-12(13-10(3)14)11-7-5-9(2)6-8-11/h5-8,12H,4H2,1-3H3,(H,13,14). The summed E-state index contributed by atoms with van der Waals surface area (Å²) in [4.78, 5) is 10.9. The van der Waals surface area contributed by atoms with Crippen LogP contribution in [0.2, 0.25) is 0 Å². The van der Waals surface area contributed by atoms with E-state index < -0.39 is 0 Å². The van der Waals surface area contributed by atoms with E-state index in [0.717, 1.165) is 6.42 Å². The quantitative estimate of drug-likeness (QED) is 0.781. The number of carbonyl (C=O) groups is 1. The molecule has 0 radical (unpaired) electrons. The van der Waals surface area contributed by atoms with Crippen LogP contribution in [0.3, 0.4) is 0 Å². The fourth-order valence-corrected chi connectivity index (χ4v) is 1.47. The van der Waals surface area contributed by atoms with Crippen LogP contribution in [0.4, 0.5) is 0 Å². The molecule has 1 aromatic rings. The Morgan fingerprint density at radius 1 is 1.36 bits per heavy atom. The summed E-state index contributed by atoms with van der Waals surface area (Å²) in [6, 6.07) is 8.42. The van der Waals surface area contributed by atoms with Gasteiger partial charge in [0.25, 0.3) is 0 Å². The van der Waals surface area contributed by atoms with Crippen LogP contribution in [0.1, 0.15) is 37.4 Å². The highest BCUT2D eigenvalue weighted by atomic mass is 16.1. The number of aryl methyl sites for hydroxylation is 1. The van der Waals surface area contributed by atoms with Crippen LogP contribution in [0.25, 0.3) is 0 Å². The number of rotatable bonds is 3. The Kier molecular flexibility index (Phi) is 3.69. The van der Waals surface area contributed by atoms with Crippen molar-refractivity contribution in [2.24, 2.45) is 0 Å². The van der Waals surface area contributed by atoms with Crippen LogP contribution in [0.5, 0.6) is 0 Å². The maximum absolute atomic E-state index is 10.9. The maximum Gasteiger partial charge on any atom is 0.217 e. The summed E-state index contributed by atoms with van der Waals surface area (Å²) in [7, 11) is 0. The zero-order chi connectivity index (χ0) is 10.6. The molecule has 14 heavy (non-hydrogen) atoms. The van der Waals surface area contributed by atoms with Crippen molar-refractivity contribution in [3.8, 4) is 0 Å². The molecule has 2 nitrogen and oxygen atoms in total. The van der Waals surface area contributed by atoms with Crippen molar-refractivity contribution >= 4 is 5.91 Å². The first-order chi connectivity index (χ1) is 6.63. The highest BCUT2D eigenvalue weighted by Gasteiger charge is 2.08. The Hall–Kier alpha value is -1.31. The van der Waals surface area contributed by atoms with Gasteiger partial charge in [-0.2, -0.15) is 0 Å². The molecule has 0 aromatic heterocycles. The normalized spacial score (nSPS) is 12.2. The van der Waals surface area contributed by atoms with Crippen molar-refractivity contribution in [1.82, 2.24) is 5.32 Å². The van der Waals surface area contributed by atoms with Gasteiger partial charge < -0.3 is 5.32 Å². The molecule has 76 valence electrons. The van der Waals surface area contributed by atoms with Gasteiger partial charge in [-0.05, 0) is 18.9 Å². The van der Waals surface area contributed by atoms with E-state index in [4.69, 9.17) is 0 Å². The topological polar surface area (TPSA) is 29.1 Å². The van der Waals surface area contributed by atoms with Crippen LogP contribution in [-0.4, -0.2) is 5.91 Å². The van der Waals surface area contributed by atoms with Crippen molar-refractivity contribution in [2.45, 2.75) is 33.2 Å². The van der Waals surface area contributed by atoms with Crippen molar-refractivity contribution in [1.29, 1.82) is 0 Å². The molecule has 0 aliphatic heterocycles. The summed E-state index contributed by atoms with van der Waals surface area (Å²) in [6.45, 7) is 5.68. The first-order valence-electron chi connectivity index (χ1n) is 4.97. The molecular weight excluding hydrogens is 174 g/mol. The van der Waals surface area contributed by atoms with E-state index in [-0.39, 0.29) is 11.9 Å². The van der Waals surface area contributed by atoms with E-state index in [0.29, 0.717) is 0 Å². The van der Waals surface area contributed by atoms with Gasteiger partial charge in [-0.3, -0.25) is 4.79 Å². The third kappa shape index (κ3) is 2.87. The van der Waals surface area contributed by atoms with Gasteiger partial charge >= 0.3 is 0 Å². The molecule has 0 spiro atoms. The summed E-state index contributed by atoms with van der Waals surface area (Å²) in [5, 5.41) is 2.93. The second-order valence-electron chi connectivity index (χ2n) is 3.57. The molecule has 1 rings (SSSR count). The van der Waals surface area contributed by atoms with Gasteiger partial charge in [0.1, 0.15) is 0 Å². The number of hydrogen-bond acceptors (Lipinski definition) is 1. The minimum atomic E-state index is 0.0254.